The molecule has 3 aliphatic rings. The number of aromatic hydroxyl groups is 1. The molecular weight excluding hydrogens is 1520 g/mol. The Morgan fingerprint density at radius 3 is 1.86 bits per heavy atom. The van der Waals surface area contributed by atoms with Gasteiger partial charge in [0, 0.05) is 110 Å². The smallest absolute Gasteiger partial charge is 0.245 e. The average molecular weight is 1640 g/mol. The van der Waals surface area contributed by atoms with E-state index in [9.17, 15) is 37.8 Å². The number of guanidine groups is 1. The fraction of sp³-hybridized carbons (Fsp3) is 0.437. The normalized spacial score (nSPS) is 23.1. The lowest BCUT2D eigenvalue weighted by Crippen LogP contribution is -2.62. The maximum absolute atomic E-state index is 15.5. The zero-order valence-electron chi connectivity index (χ0n) is 66.7. The summed E-state index contributed by atoms with van der Waals surface area (Å²) in [5, 5.41) is 60.5. The van der Waals surface area contributed by atoms with Gasteiger partial charge < -0.3 is 89.7 Å². The number of phenols is 1. The molecule has 5 aromatic carbocycles. The van der Waals surface area contributed by atoms with Crippen LogP contribution in [0.1, 0.15) is 122 Å². The van der Waals surface area contributed by atoms with E-state index in [0.717, 1.165) is 11.9 Å². The van der Waals surface area contributed by atoms with E-state index in [1.165, 1.54) is 48.0 Å². The topological polar surface area (TPSA) is 472 Å². The highest BCUT2D eigenvalue weighted by molar-refractivity contribution is 7.92. The van der Waals surface area contributed by atoms with Gasteiger partial charge in [0.15, 0.2) is 21.6 Å². The van der Waals surface area contributed by atoms with Gasteiger partial charge in [0.2, 0.25) is 47.3 Å². The number of benzene rings is 5. The summed E-state index contributed by atoms with van der Waals surface area (Å²) in [5.41, 5.74) is 18.9. The molecule has 13 atom stereocenters. The Balaban J connectivity index is 0.914. The summed E-state index contributed by atoms with van der Waals surface area (Å²) < 4.78 is 28.7. The number of pyridine rings is 1. The lowest BCUT2D eigenvalue weighted by Gasteiger charge is -2.45. The molecule has 0 spiro atoms. The summed E-state index contributed by atoms with van der Waals surface area (Å²) in [4.78, 5) is 149. The highest BCUT2D eigenvalue weighted by atomic mass is 32.2. The highest BCUT2D eigenvalue weighted by Gasteiger charge is 2.42. The van der Waals surface area contributed by atoms with Crippen molar-refractivity contribution in [2.24, 2.45) is 17.4 Å². The van der Waals surface area contributed by atoms with Crippen molar-refractivity contribution in [1.29, 1.82) is 5.41 Å². The number of unbranched alkanes of at least 4 members (excludes halogenated alkanes) is 1. The average Bonchev–Trinajstić information content (AvgIpc) is 1.56. The summed E-state index contributed by atoms with van der Waals surface area (Å²) in [7, 11) is -2.03. The first-order valence-corrected chi connectivity index (χ1v) is 42.6. The highest BCUT2D eigenvalue weighted by Crippen LogP contribution is 2.45. The second kappa shape index (κ2) is 42.1. The number of fused-ring (bicyclic) bond motifs is 3. The van der Waals surface area contributed by atoms with Crippen molar-refractivity contribution in [3.05, 3.63) is 203 Å². The molecule has 31 heteroatoms. The summed E-state index contributed by atoms with van der Waals surface area (Å²) in [6.45, 7) is 1.96. The Kier molecular flexibility index (Phi) is 31.2. The molecule has 2 aliphatic heterocycles. The van der Waals surface area contributed by atoms with Gasteiger partial charge in [-0.2, -0.15) is 0 Å². The van der Waals surface area contributed by atoms with Crippen molar-refractivity contribution in [1.82, 2.24) is 73.0 Å². The first kappa shape index (κ1) is 87.5. The van der Waals surface area contributed by atoms with Crippen LogP contribution in [0.2, 0.25) is 0 Å². The lowest BCUT2D eigenvalue weighted by molar-refractivity contribution is -0.136. The molecule has 118 heavy (non-hydrogen) atoms. The molecule has 2 fully saturated rings. The Morgan fingerprint density at radius 1 is 0.627 bits per heavy atom. The number of hydrogen-bond donors (Lipinski definition) is 17. The minimum atomic E-state index is -4.05. The van der Waals surface area contributed by atoms with Gasteiger partial charge in [-0.05, 0) is 172 Å². The molecule has 30 nitrogen and oxygen atoms in total. The Bertz CT molecular complexity index is 4880. The zero-order valence-corrected chi connectivity index (χ0v) is 67.5. The van der Waals surface area contributed by atoms with Gasteiger partial charge in [-0.15, -0.1) is 0 Å². The van der Waals surface area contributed by atoms with Crippen LogP contribution >= 0.6 is 0 Å². The maximum Gasteiger partial charge on any atom is 0.245 e. The number of nitrogens with one attached hydrogen (secondary N) is 13. The van der Waals surface area contributed by atoms with E-state index in [2.05, 4.69) is 79.1 Å². The largest absolute Gasteiger partial charge is 0.508 e. The van der Waals surface area contributed by atoms with Crippen molar-refractivity contribution in [3.8, 4) is 5.75 Å². The van der Waals surface area contributed by atoms with E-state index in [-0.39, 0.29) is 132 Å². The van der Waals surface area contributed by atoms with Crippen LogP contribution in [0.25, 0.3) is 21.8 Å². The molecule has 0 radical (unpaired) electrons. The summed E-state index contributed by atoms with van der Waals surface area (Å²) in [6.07, 6.45) is 7.74. The minimum absolute atomic E-state index is 0.0128. The molecule has 19 N–H and O–H groups in total. The molecule has 3 aromatic heterocycles. The molecule has 2 saturated heterocycles. The third kappa shape index (κ3) is 24.8. The van der Waals surface area contributed by atoms with E-state index in [1.54, 1.807) is 97.2 Å². The second-order valence-corrected chi connectivity index (χ2v) is 33.7. The van der Waals surface area contributed by atoms with Crippen molar-refractivity contribution in [2.45, 2.75) is 189 Å². The number of carbonyl (C=O) groups is 9. The van der Waals surface area contributed by atoms with E-state index in [0.29, 0.717) is 70.9 Å². The number of rotatable bonds is 27. The number of sulfone groups is 1. The van der Waals surface area contributed by atoms with Crippen molar-refractivity contribution in [2.75, 3.05) is 44.7 Å². The number of piperidine rings is 1. The minimum Gasteiger partial charge on any atom is -0.508 e. The SMILES string of the molecule is C[C@@H](O)[C@@H]1NC(=O)[C@H](CCCCN)NC(=O)[C@@H](Cc2c[nH]c3ccccc23)NC(=O)[C@H](Cc2ccncc2)NC(=O)[C@H](Cc2ccccc2)NC(=O)[C@H](CCCNC(=N)N)NC(=O)[C@H](NC[C@H](Cc2ccc(O)cc2)NC(=O)CS(=O)(=O)C[C@@H]2C[C@@H]3c4cccc5[nH]cc(c45)C[C@H]3N(C)C2)CCCCCC(=O)[C@H](Cc2ccccc2)NC1=O. The summed E-state index contributed by atoms with van der Waals surface area (Å²) in [6, 6.07) is 28.6. The van der Waals surface area contributed by atoms with Crippen LogP contribution in [0.15, 0.2) is 164 Å². The van der Waals surface area contributed by atoms with Crippen LogP contribution in [0, 0.1) is 11.3 Å². The number of carbonyl (C=O) groups excluding carboxylic acids is 9. The number of aliphatic hydroxyl groups excluding tert-OH is 1. The molecule has 628 valence electrons. The number of likely N-dealkylation sites (tertiary alicyclic amines) is 1. The molecule has 0 saturated carbocycles. The van der Waals surface area contributed by atoms with Crippen LogP contribution in [-0.2, 0) is 91.5 Å². The number of nitrogens with two attached hydrogens (primary N) is 2. The first-order chi connectivity index (χ1) is 56.8. The quantitative estimate of drug-likeness (QED) is 0.0199. The van der Waals surface area contributed by atoms with Crippen molar-refractivity contribution in [3.63, 3.8) is 0 Å². The van der Waals surface area contributed by atoms with Crippen LogP contribution in [0.5, 0.6) is 5.75 Å². The third-order valence-corrected chi connectivity index (χ3v) is 24.2. The monoisotopic (exact) mass is 1630 g/mol. The van der Waals surface area contributed by atoms with Crippen LogP contribution in [-0.4, -0.2) is 209 Å². The van der Waals surface area contributed by atoms with Crippen molar-refractivity contribution >= 4 is 90.6 Å². The molecule has 11 rings (SSSR count). The Labute approximate surface area is 687 Å². The summed E-state index contributed by atoms with van der Waals surface area (Å²) >= 11 is 0. The number of aromatic amines is 2. The predicted octanol–water partition coefficient (Wildman–Crippen LogP) is 3.48. The van der Waals surface area contributed by atoms with Gasteiger partial charge in [0.1, 0.15) is 47.8 Å². The van der Waals surface area contributed by atoms with Crippen LogP contribution in [0.3, 0.4) is 0 Å². The third-order valence-electron chi connectivity index (χ3n) is 22.5. The number of aliphatic hydroxyl groups is 1. The van der Waals surface area contributed by atoms with Gasteiger partial charge in [-0.1, -0.05) is 116 Å². The fourth-order valence-electron chi connectivity index (χ4n) is 16.5. The maximum atomic E-state index is 15.5. The zero-order chi connectivity index (χ0) is 83.8. The first-order valence-electron chi connectivity index (χ1n) is 40.8. The van der Waals surface area contributed by atoms with E-state index < -0.39 is 129 Å². The van der Waals surface area contributed by atoms with E-state index in [4.69, 9.17) is 16.9 Å². The Hall–Kier alpha value is -11.4. The van der Waals surface area contributed by atoms with Gasteiger partial charge >= 0.3 is 0 Å². The van der Waals surface area contributed by atoms with Gasteiger partial charge in [0.05, 0.1) is 23.9 Å². The standard InChI is InChI=1S/C87H111N17O13S/c1-53(105)79-86(115)99-71(42-54-18-6-3-7-19-54)76(107)29-11-5-10-25-68(95-49-61(40-56-30-32-62(106)33-31-56)96-77(108)52-118(116,117)51-58-41-65-64-23-16-27-67-78(64)60(48-94-67)46-75(65)104(2)50-58)80(109)97-70(28-17-37-92-87(89)90)81(110)100-72(43-55-20-8-4-9-21-55)83(112)101-73(44-57-34-38-91-39-35-57)84(113)102-74(45-59-47-93-66-24-13-12-22-63(59)66)85(114)98-69(82(111)103-79)26-14-15-36-88/h3-4,6-9,12-13,16,18-24,27,30-35,38-39,47-48,53,58,61,65,68-75,79,93-95,105-106H,5,10-11,14-15,17,25-26,28-29,36-37,40-46,49-52,88H2,1-2H3,(H,96,108)(H,97,109)(H,98,114)(H,99,115)(H,100,110)(H,101,112)(H,102,113)(H,103,111)(H4,89,90,92)/t53-,58-,61+,65-,68-,69+,70+,71+,72+,73+,74-,75-,79+/m1/s1. The predicted molar refractivity (Wildman–Crippen MR) is 449 cm³/mol. The number of phenolic OH excluding ortho intramolecular Hbond substituents is 1. The molecule has 0 unspecified atom stereocenters. The number of para-hydroxylation sites is 1. The number of hydrogen-bond acceptors (Lipinski definition) is 18. The van der Waals surface area contributed by atoms with E-state index >= 15 is 24.0 Å². The number of H-pyrrole nitrogens is 2. The van der Waals surface area contributed by atoms with Gasteiger partial charge in [-0.3, -0.25) is 53.5 Å². The fourth-order valence-corrected chi connectivity index (χ4v) is 18.0. The van der Waals surface area contributed by atoms with Crippen LogP contribution < -0.4 is 64.6 Å². The van der Waals surface area contributed by atoms with Gasteiger partial charge in [0.25, 0.3) is 0 Å². The number of aromatic nitrogens is 3. The molecule has 5 heterocycles. The van der Waals surface area contributed by atoms with Crippen LogP contribution in [0.4, 0.5) is 0 Å². The summed E-state index contributed by atoms with van der Waals surface area (Å²) in [5.74, 6) is -8.70. The number of likely N-dealkylation sites (N-methyl/N-ethyl adjacent to an activating group) is 1. The van der Waals surface area contributed by atoms with Crippen molar-refractivity contribution < 1.29 is 61.8 Å². The number of nitrogens with zero attached hydrogens (tertiary/aromatic N) is 2. The molecule has 1 aliphatic carbocycles. The van der Waals surface area contributed by atoms with Gasteiger partial charge in [-0.25, -0.2) is 8.42 Å². The lowest BCUT2D eigenvalue weighted by atomic mass is 9.73. The number of ketones is 1. The second-order valence-electron chi connectivity index (χ2n) is 31.6. The molecule has 8 aromatic rings. The molecular formula is C87H111N17O13S. The molecule has 0 bridgehead atoms. The van der Waals surface area contributed by atoms with E-state index in [1.807, 2.05) is 43.6 Å². The Morgan fingerprint density at radius 2 is 1.20 bits per heavy atom. The molecule has 8 amide bonds. The number of Topliss-reactive ketones (excluding diaryl/α,β-unsaturated/α-hetero) is 1. The number of amides is 8.